The topological polar surface area (TPSA) is 103 Å². The lowest BCUT2D eigenvalue weighted by Crippen LogP contribution is -2.18. The van der Waals surface area contributed by atoms with E-state index in [4.69, 9.17) is 0 Å². The van der Waals surface area contributed by atoms with Crippen LogP contribution in [0.3, 0.4) is 0 Å². The van der Waals surface area contributed by atoms with E-state index in [-0.39, 0.29) is 17.7 Å². The van der Waals surface area contributed by atoms with Crippen LogP contribution >= 0.6 is 0 Å². The lowest BCUT2D eigenvalue weighted by atomic mass is 10.1. The Morgan fingerprint density at radius 1 is 1.15 bits per heavy atom. The molecule has 0 bridgehead atoms. The molecule has 0 saturated carbocycles. The fraction of sp³-hybridized carbons (Fsp3) is 0.118. The Morgan fingerprint density at radius 2 is 1.96 bits per heavy atom. The highest BCUT2D eigenvalue weighted by atomic mass is 16.6. The summed E-state index contributed by atoms with van der Waals surface area (Å²) in [7, 11) is 0. The molecule has 26 heavy (non-hydrogen) atoms. The maximum Gasteiger partial charge on any atom is 0.372 e. The zero-order valence-corrected chi connectivity index (χ0v) is 13.6. The van der Waals surface area contributed by atoms with Crippen LogP contribution in [0.1, 0.15) is 11.6 Å². The summed E-state index contributed by atoms with van der Waals surface area (Å²) in [6.07, 6.45) is 4.69. The van der Waals surface area contributed by atoms with Crippen LogP contribution in [0.5, 0.6) is 0 Å². The highest BCUT2D eigenvalue weighted by Gasteiger charge is 2.25. The monoisotopic (exact) mass is 349 g/mol. The van der Waals surface area contributed by atoms with E-state index in [1.165, 1.54) is 10.7 Å². The zero-order valence-electron chi connectivity index (χ0n) is 13.6. The average molecular weight is 349 g/mol. The number of rotatable bonds is 6. The molecule has 1 atom stereocenters. The largest absolute Gasteiger partial charge is 0.372 e. The number of nitro groups is 1. The number of nitrogens with one attached hydrogen (secondary N) is 1. The smallest absolute Gasteiger partial charge is 0.358 e. The number of fused-ring (bicyclic) bond motifs is 1. The Labute approximate surface area is 148 Å². The minimum Gasteiger partial charge on any atom is -0.358 e. The van der Waals surface area contributed by atoms with Crippen molar-refractivity contribution in [1.82, 2.24) is 24.1 Å². The van der Waals surface area contributed by atoms with Crippen LogP contribution in [0.15, 0.2) is 67.4 Å². The summed E-state index contributed by atoms with van der Waals surface area (Å²) < 4.78 is 3.13. The highest BCUT2D eigenvalue weighted by molar-refractivity contribution is 5.62. The number of anilines is 1. The van der Waals surface area contributed by atoms with Gasteiger partial charge in [0.15, 0.2) is 0 Å². The van der Waals surface area contributed by atoms with Crippen LogP contribution in [0.2, 0.25) is 0 Å². The molecule has 3 heterocycles. The van der Waals surface area contributed by atoms with Crippen molar-refractivity contribution >= 4 is 17.3 Å². The highest BCUT2D eigenvalue weighted by Crippen LogP contribution is 2.29. The molecule has 4 rings (SSSR count). The molecule has 1 aromatic carbocycles. The van der Waals surface area contributed by atoms with Gasteiger partial charge in [-0.2, -0.15) is 14.5 Å². The third kappa shape index (κ3) is 2.97. The fourth-order valence-electron chi connectivity index (χ4n) is 2.85. The summed E-state index contributed by atoms with van der Waals surface area (Å²) in [5, 5.41) is 18.9. The van der Waals surface area contributed by atoms with Crippen LogP contribution in [0.25, 0.3) is 5.65 Å². The van der Waals surface area contributed by atoms with Gasteiger partial charge in [0, 0.05) is 6.07 Å². The average Bonchev–Trinajstić information content (AvgIpc) is 3.29. The molecular formula is C17H15N7O2. The van der Waals surface area contributed by atoms with E-state index in [2.05, 4.69) is 20.4 Å². The molecule has 4 aromatic rings. The van der Waals surface area contributed by atoms with Crippen molar-refractivity contribution in [2.75, 3.05) is 5.32 Å². The minimum atomic E-state index is -0.431. The molecule has 9 nitrogen and oxygen atoms in total. The summed E-state index contributed by atoms with van der Waals surface area (Å²) >= 11 is 0. The first-order valence-corrected chi connectivity index (χ1v) is 7.98. The van der Waals surface area contributed by atoms with E-state index in [9.17, 15) is 10.1 Å². The van der Waals surface area contributed by atoms with Gasteiger partial charge in [-0.1, -0.05) is 36.4 Å². The van der Waals surface area contributed by atoms with Gasteiger partial charge in [-0.05, 0) is 16.6 Å². The molecule has 130 valence electrons. The number of nitrogens with zero attached hydrogens (tertiary/aromatic N) is 6. The second-order valence-electron chi connectivity index (χ2n) is 5.70. The molecule has 1 N–H and O–H groups in total. The summed E-state index contributed by atoms with van der Waals surface area (Å²) in [5.41, 5.74) is 1.48. The number of hydrogen-bond acceptors (Lipinski definition) is 6. The third-order valence-electron chi connectivity index (χ3n) is 4.03. The van der Waals surface area contributed by atoms with Crippen molar-refractivity contribution in [2.45, 2.75) is 12.6 Å². The Balaban J connectivity index is 1.75. The van der Waals surface area contributed by atoms with Gasteiger partial charge in [0.05, 0.1) is 18.8 Å². The number of pyridine rings is 1. The summed E-state index contributed by atoms with van der Waals surface area (Å²) in [5.74, 6) is 0.121. The summed E-state index contributed by atoms with van der Waals surface area (Å²) in [6.45, 7) is 0.453. The van der Waals surface area contributed by atoms with Gasteiger partial charge in [0.1, 0.15) is 12.7 Å². The number of benzene rings is 1. The molecule has 0 fully saturated rings. The van der Waals surface area contributed by atoms with E-state index in [1.54, 1.807) is 35.4 Å². The molecule has 0 spiro atoms. The Hall–Kier alpha value is -3.75. The van der Waals surface area contributed by atoms with Gasteiger partial charge < -0.3 is 15.4 Å². The van der Waals surface area contributed by atoms with E-state index in [0.717, 1.165) is 5.56 Å². The normalized spacial score (nSPS) is 12.2. The Bertz CT molecular complexity index is 1030. The number of hydrogen-bond donors (Lipinski definition) is 1. The molecule has 0 radical (unpaired) electrons. The van der Waals surface area contributed by atoms with Gasteiger partial charge in [-0.25, -0.2) is 4.98 Å². The SMILES string of the molecule is O=[N+]([O-])c1c(NC(Cn2cncn2)c2ccccc2)nc2ccccn12. The molecular weight excluding hydrogens is 334 g/mol. The second kappa shape index (κ2) is 6.63. The molecule has 3 aromatic heterocycles. The van der Waals surface area contributed by atoms with Crippen LogP contribution in [0, 0.1) is 10.1 Å². The zero-order chi connectivity index (χ0) is 17.9. The lowest BCUT2D eigenvalue weighted by molar-refractivity contribution is -0.389. The Morgan fingerprint density at radius 3 is 2.69 bits per heavy atom. The first-order chi connectivity index (χ1) is 12.7. The van der Waals surface area contributed by atoms with Crippen molar-refractivity contribution in [3.05, 3.63) is 83.1 Å². The van der Waals surface area contributed by atoms with E-state index in [1.807, 2.05) is 30.3 Å². The molecule has 1 unspecified atom stereocenters. The fourth-order valence-corrected chi connectivity index (χ4v) is 2.85. The van der Waals surface area contributed by atoms with E-state index in [0.29, 0.717) is 12.2 Å². The Kier molecular flexibility index (Phi) is 4.02. The molecule has 0 aliphatic heterocycles. The van der Waals surface area contributed by atoms with Crippen molar-refractivity contribution in [1.29, 1.82) is 0 Å². The van der Waals surface area contributed by atoms with Crippen molar-refractivity contribution in [2.24, 2.45) is 0 Å². The maximum absolute atomic E-state index is 11.6. The van der Waals surface area contributed by atoms with Crippen LogP contribution in [-0.2, 0) is 6.54 Å². The summed E-state index contributed by atoms with van der Waals surface area (Å²) in [4.78, 5) is 19.5. The van der Waals surface area contributed by atoms with Crippen molar-refractivity contribution in [3.8, 4) is 0 Å². The van der Waals surface area contributed by atoms with Crippen LogP contribution in [0.4, 0.5) is 11.6 Å². The van der Waals surface area contributed by atoms with E-state index >= 15 is 0 Å². The van der Waals surface area contributed by atoms with Gasteiger partial charge in [0.2, 0.25) is 11.5 Å². The standard InChI is InChI=1S/C17H15N7O2/c25-24(26)17-16(21-15-8-4-5-9-23(15)17)20-14(10-22-12-18-11-19-22)13-6-2-1-3-7-13/h1-9,11-12,14,20H,10H2. The van der Waals surface area contributed by atoms with Gasteiger partial charge in [0.25, 0.3) is 0 Å². The molecule has 0 saturated heterocycles. The van der Waals surface area contributed by atoms with Gasteiger partial charge in [-0.15, -0.1) is 0 Å². The van der Waals surface area contributed by atoms with Crippen molar-refractivity contribution in [3.63, 3.8) is 0 Å². The quantitative estimate of drug-likeness (QED) is 0.424. The predicted octanol–water partition coefficient (Wildman–Crippen LogP) is 2.69. The molecule has 0 amide bonds. The van der Waals surface area contributed by atoms with Crippen LogP contribution in [-0.4, -0.2) is 29.1 Å². The van der Waals surface area contributed by atoms with Gasteiger partial charge >= 0.3 is 5.82 Å². The molecule has 0 aliphatic carbocycles. The van der Waals surface area contributed by atoms with Gasteiger partial charge in [-0.3, -0.25) is 4.68 Å². The van der Waals surface area contributed by atoms with E-state index < -0.39 is 4.92 Å². The lowest BCUT2D eigenvalue weighted by Gasteiger charge is -2.18. The first-order valence-electron chi connectivity index (χ1n) is 7.98. The van der Waals surface area contributed by atoms with Crippen LogP contribution < -0.4 is 5.32 Å². The van der Waals surface area contributed by atoms with Crippen molar-refractivity contribution < 1.29 is 4.92 Å². The molecule has 0 aliphatic rings. The maximum atomic E-state index is 11.6. The predicted molar refractivity (Wildman–Crippen MR) is 94.7 cm³/mol. The number of aromatic nitrogens is 5. The molecule has 9 heteroatoms. The number of imidazole rings is 1. The first kappa shape index (κ1) is 15.8. The third-order valence-corrected chi connectivity index (χ3v) is 4.03. The minimum absolute atomic E-state index is 0.0971. The summed E-state index contributed by atoms with van der Waals surface area (Å²) in [6, 6.07) is 14.7. The second-order valence-corrected chi connectivity index (χ2v) is 5.70.